The Hall–Kier alpha value is -4.42. The third kappa shape index (κ3) is 7.68. The van der Waals surface area contributed by atoms with Crippen LogP contribution >= 0.6 is 11.6 Å². The molecule has 13 nitrogen and oxygen atoms in total. The first-order valence-corrected chi connectivity index (χ1v) is 17.0. The fourth-order valence-corrected chi connectivity index (χ4v) is 6.67. The summed E-state index contributed by atoms with van der Waals surface area (Å²) in [6, 6.07) is 13.1. The predicted molar refractivity (Wildman–Crippen MR) is 180 cm³/mol. The summed E-state index contributed by atoms with van der Waals surface area (Å²) in [5, 5.41) is 18.9. The van der Waals surface area contributed by atoms with E-state index < -0.39 is 10.0 Å². The third-order valence-corrected chi connectivity index (χ3v) is 9.70. The molecule has 2 aliphatic heterocycles. The molecule has 2 saturated heterocycles. The van der Waals surface area contributed by atoms with E-state index in [0.29, 0.717) is 66.4 Å². The molecule has 3 aromatic rings. The van der Waals surface area contributed by atoms with Gasteiger partial charge >= 0.3 is 0 Å². The monoisotopic (exact) mass is 665 g/mol. The highest BCUT2D eigenvalue weighted by atomic mass is 35.5. The molecule has 3 N–H and O–H groups in total. The van der Waals surface area contributed by atoms with E-state index in [9.17, 15) is 18.5 Å². The Morgan fingerprint density at radius 1 is 1.09 bits per heavy atom. The number of piperazine rings is 1. The molecule has 2 fully saturated rings. The van der Waals surface area contributed by atoms with E-state index in [4.69, 9.17) is 16.3 Å². The van der Waals surface area contributed by atoms with Crippen molar-refractivity contribution in [2.75, 3.05) is 73.5 Å². The van der Waals surface area contributed by atoms with Gasteiger partial charge in [0.25, 0.3) is 0 Å². The number of rotatable bonds is 10. The standard InChI is InChI=1S/C31H36ClN9O4S/c1-4-29(42)35-25-17-26(37-31-34-20-23(32)30(38-31)36-24-8-6-5-7-21(24)19-33)28(45-2)18-27(25)40-11-9-22(10-12-40)39-13-15-41(16-14-39)46(3,43)44/h4-8,17-18,20,22H,1,9-16H2,2-3H3,(H,35,42)(H2,34,36,37,38). The van der Waals surface area contributed by atoms with Crippen molar-refractivity contribution in [3.63, 3.8) is 0 Å². The number of hydrogen-bond donors (Lipinski definition) is 3. The van der Waals surface area contributed by atoms with Crippen LogP contribution < -0.4 is 25.6 Å². The van der Waals surface area contributed by atoms with Gasteiger partial charge in [-0.05, 0) is 37.1 Å². The van der Waals surface area contributed by atoms with Crippen molar-refractivity contribution in [1.82, 2.24) is 19.2 Å². The topological polar surface area (TPSA) is 156 Å². The average molecular weight is 666 g/mol. The van der Waals surface area contributed by atoms with Gasteiger partial charge in [0.1, 0.15) is 16.8 Å². The number of piperidine rings is 1. The fourth-order valence-electron chi connectivity index (χ4n) is 5.71. The van der Waals surface area contributed by atoms with Gasteiger partial charge in [0.05, 0.1) is 47.9 Å². The minimum Gasteiger partial charge on any atom is -0.494 e. The van der Waals surface area contributed by atoms with Crippen molar-refractivity contribution < 1.29 is 17.9 Å². The zero-order valence-corrected chi connectivity index (χ0v) is 27.2. The smallest absolute Gasteiger partial charge is 0.247 e. The van der Waals surface area contributed by atoms with Crippen LogP contribution in [0.25, 0.3) is 0 Å². The van der Waals surface area contributed by atoms with Gasteiger partial charge in [0.15, 0.2) is 5.82 Å². The van der Waals surface area contributed by atoms with Gasteiger partial charge in [-0.2, -0.15) is 14.6 Å². The number of anilines is 6. The second-order valence-corrected chi connectivity index (χ2v) is 13.4. The molecule has 0 unspecified atom stereocenters. The summed E-state index contributed by atoms with van der Waals surface area (Å²) in [5.74, 6) is 0.665. The van der Waals surface area contributed by atoms with Crippen LogP contribution in [0, 0.1) is 11.3 Å². The van der Waals surface area contributed by atoms with E-state index in [-0.39, 0.29) is 16.9 Å². The van der Waals surface area contributed by atoms with Gasteiger partial charge in [0.2, 0.25) is 21.9 Å². The van der Waals surface area contributed by atoms with E-state index in [2.05, 4.69) is 48.4 Å². The van der Waals surface area contributed by atoms with E-state index in [0.717, 1.165) is 31.6 Å². The number of nitrogens with one attached hydrogen (secondary N) is 3. The molecule has 2 aromatic carbocycles. The van der Waals surface area contributed by atoms with Gasteiger partial charge in [-0.15, -0.1) is 0 Å². The van der Waals surface area contributed by atoms with Crippen LogP contribution in [-0.4, -0.2) is 92.2 Å². The van der Waals surface area contributed by atoms with Crippen LogP contribution in [0.15, 0.2) is 55.3 Å². The van der Waals surface area contributed by atoms with Crippen molar-refractivity contribution >= 4 is 62.0 Å². The number of amides is 1. The number of nitriles is 1. The van der Waals surface area contributed by atoms with Crippen molar-refractivity contribution in [3.8, 4) is 11.8 Å². The molecule has 46 heavy (non-hydrogen) atoms. The number of benzene rings is 2. The molecule has 0 bridgehead atoms. The van der Waals surface area contributed by atoms with Crippen molar-refractivity contribution in [2.45, 2.75) is 18.9 Å². The summed E-state index contributed by atoms with van der Waals surface area (Å²) in [7, 11) is -1.62. The van der Waals surface area contributed by atoms with E-state index >= 15 is 0 Å². The lowest BCUT2D eigenvalue weighted by atomic mass is 10.0. The highest BCUT2D eigenvalue weighted by Gasteiger charge is 2.31. The Kier molecular flexibility index (Phi) is 10.3. The first-order chi connectivity index (χ1) is 22.1. The number of hydrogen-bond acceptors (Lipinski definition) is 11. The third-order valence-electron chi connectivity index (χ3n) is 8.12. The van der Waals surface area contributed by atoms with E-state index in [1.807, 2.05) is 6.07 Å². The van der Waals surface area contributed by atoms with Crippen LogP contribution in [0.2, 0.25) is 5.02 Å². The highest BCUT2D eigenvalue weighted by molar-refractivity contribution is 7.88. The number of aromatic nitrogens is 2. The van der Waals surface area contributed by atoms with Gasteiger partial charge in [-0.1, -0.05) is 30.3 Å². The van der Waals surface area contributed by atoms with Gasteiger partial charge in [-0.3, -0.25) is 9.69 Å². The zero-order chi connectivity index (χ0) is 32.8. The maximum absolute atomic E-state index is 12.5. The highest BCUT2D eigenvalue weighted by Crippen LogP contribution is 2.40. The Labute approximate surface area is 273 Å². The quantitative estimate of drug-likeness (QED) is 0.267. The predicted octanol–water partition coefficient (Wildman–Crippen LogP) is 4.17. The molecule has 3 heterocycles. The molecular formula is C31H36ClN9O4S. The lowest BCUT2D eigenvalue weighted by Crippen LogP contribution is -2.54. The van der Waals surface area contributed by atoms with Crippen LogP contribution in [0.4, 0.5) is 34.5 Å². The lowest BCUT2D eigenvalue weighted by molar-refractivity contribution is -0.111. The van der Waals surface area contributed by atoms with Gasteiger partial charge in [0, 0.05) is 51.4 Å². The largest absolute Gasteiger partial charge is 0.494 e. The van der Waals surface area contributed by atoms with Crippen LogP contribution in [-0.2, 0) is 14.8 Å². The maximum Gasteiger partial charge on any atom is 0.247 e. The summed E-state index contributed by atoms with van der Waals surface area (Å²) in [6.45, 7) is 7.50. The number of sulfonamides is 1. The maximum atomic E-state index is 12.5. The molecule has 242 valence electrons. The summed E-state index contributed by atoms with van der Waals surface area (Å²) in [6.07, 6.45) is 5.69. The second kappa shape index (κ2) is 14.3. The SMILES string of the molecule is C=CC(=O)Nc1cc(Nc2ncc(Cl)c(Nc3ccccc3C#N)n2)c(OC)cc1N1CCC(N2CCN(S(C)(=O)=O)CC2)CC1. The normalized spacial score (nSPS) is 16.3. The van der Waals surface area contributed by atoms with Crippen molar-refractivity contribution in [3.05, 3.63) is 65.8 Å². The molecule has 0 spiro atoms. The Morgan fingerprint density at radius 3 is 2.46 bits per heavy atom. The summed E-state index contributed by atoms with van der Waals surface area (Å²) >= 11 is 6.38. The van der Waals surface area contributed by atoms with E-state index in [1.165, 1.54) is 22.8 Å². The van der Waals surface area contributed by atoms with Crippen molar-refractivity contribution in [2.24, 2.45) is 0 Å². The molecule has 0 radical (unpaired) electrons. The minimum atomic E-state index is -3.18. The number of carbonyl (C=O) groups excluding carboxylic acids is 1. The van der Waals surface area contributed by atoms with Gasteiger partial charge in [-0.25, -0.2) is 13.4 Å². The second-order valence-electron chi connectivity index (χ2n) is 11.0. The number of para-hydroxylation sites is 1. The zero-order valence-electron chi connectivity index (χ0n) is 25.7. The molecule has 0 aliphatic carbocycles. The Morgan fingerprint density at radius 2 is 1.80 bits per heavy atom. The number of halogens is 1. The van der Waals surface area contributed by atoms with Gasteiger partial charge < -0.3 is 25.6 Å². The molecular weight excluding hydrogens is 630 g/mol. The number of ether oxygens (including phenoxy) is 1. The van der Waals surface area contributed by atoms with Crippen molar-refractivity contribution in [1.29, 1.82) is 5.26 Å². The molecule has 0 atom stereocenters. The number of nitrogens with zero attached hydrogens (tertiary/aromatic N) is 6. The molecule has 5 rings (SSSR count). The first kappa shape index (κ1) is 33.0. The summed E-state index contributed by atoms with van der Waals surface area (Å²) in [5.41, 5.74) is 2.85. The molecule has 15 heteroatoms. The summed E-state index contributed by atoms with van der Waals surface area (Å²) in [4.78, 5) is 25.9. The fraction of sp³-hybridized carbons (Fsp3) is 0.355. The Balaban J connectivity index is 1.35. The van der Waals surface area contributed by atoms with Crippen LogP contribution in [0.5, 0.6) is 5.75 Å². The average Bonchev–Trinajstić information content (AvgIpc) is 3.06. The van der Waals surface area contributed by atoms with Crippen LogP contribution in [0.3, 0.4) is 0 Å². The first-order valence-electron chi connectivity index (χ1n) is 14.7. The molecule has 1 aromatic heterocycles. The summed E-state index contributed by atoms with van der Waals surface area (Å²) < 4.78 is 31.1. The molecule has 2 aliphatic rings. The minimum absolute atomic E-state index is 0.213. The lowest BCUT2D eigenvalue weighted by Gasteiger charge is -2.43. The van der Waals surface area contributed by atoms with Crippen LogP contribution in [0.1, 0.15) is 18.4 Å². The number of methoxy groups -OCH3 is 1. The van der Waals surface area contributed by atoms with E-state index in [1.54, 1.807) is 37.4 Å². The molecule has 1 amide bonds. The molecule has 0 saturated carbocycles. The Bertz CT molecular complexity index is 1750. The number of carbonyl (C=O) groups is 1.